The third-order valence-electron chi connectivity index (χ3n) is 4.80. The van der Waals surface area contributed by atoms with Crippen LogP contribution in [0, 0.1) is 18.8 Å². The summed E-state index contributed by atoms with van der Waals surface area (Å²) in [4.78, 5) is 12.5. The Hall–Kier alpha value is -1.55. The monoisotopic (exact) mass is 346 g/mol. The van der Waals surface area contributed by atoms with Gasteiger partial charge in [-0.15, -0.1) is 0 Å². The van der Waals surface area contributed by atoms with E-state index < -0.39 is 0 Å². The number of hydrogen-bond acceptors (Lipinski definition) is 3. The third kappa shape index (κ3) is 6.35. The van der Waals surface area contributed by atoms with Crippen molar-refractivity contribution in [2.75, 3.05) is 6.54 Å². The van der Waals surface area contributed by atoms with Crippen LogP contribution in [0.5, 0.6) is 5.75 Å². The number of ether oxygens (including phenoxy) is 1. The summed E-state index contributed by atoms with van der Waals surface area (Å²) in [5.41, 5.74) is 2.23. The number of carbonyl (C=O) groups is 1. The minimum absolute atomic E-state index is 0.117. The van der Waals surface area contributed by atoms with Gasteiger partial charge >= 0.3 is 0 Å². The van der Waals surface area contributed by atoms with Gasteiger partial charge in [0.25, 0.3) is 0 Å². The lowest BCUT2D eigenvalue weighted by atomic mass is 9.92. The van der Waals surface area contributed by atoms with Crippen molar-refractivity contribution < 1.29 is 9.53 Å². The number of carbonyl (C=O) groups excluding carboxylic acids is 1. The molecule has 1 heterocycles. The summed E-state index contributed by atoms with van der Waals surface area (Å²) in [5, 5.41) is 6.51. The zero-order valence-electron chi connectivity index (χ0n) is 16.4. The van der Waals surface area contributed by atoms with Gasteiger partial charge in [-0.1, -0.05) is 26.0 Å². The van der Waals surface area contributed by atoms with Crippen LogP contribution in [0.2, 0.25) is 0 Å². The highest BCUT2D eigenvalue weighted by atomic mass is 16.5. The molecule has 0 radical (unpaired) electrons. The van der Waals surface area contributed by atoms with Crippen molar-refractivity contribution in [3.8, 4) is 5.75 Å². The molecule has 2 N–H and O–H groups in total. The largest absolute Gasteiger partial charge is 0.490 e. The number of rotatable bonds is 7. The lowest BCUT2D eigenvalue weighted by molar-refractivity contribution is -0.126. The summed E-state index contributed by atoms with van der Waals surface area (Å²) in [7, 11) is 0. The van der Waals surface area contributed by atoms with Crippen LogP contribution in [0.4, 0.5) is 0 Å². The van der Waals surface area contributed by atoms with Crippen LogP contribution < -0.4 is 15.4 Å². The second-order valence-corrected chi connectivity index (χ2v) is 7.96. The highest BCUT2D eigenvalue weighted by Gasteiger charge is 2.24. The van der Waals surface area contributed by atoms with E-state index in [9.17, 15) is 4.79 Å². The van der Waals surface area contributed by atoms with E-state index in [0.29, 0.717) is 18.5 Å². The summed E-state index contributed by atoms with van der Waals surface area (Å²) in [6.45, 7) is 12.2. The molecule has 1 aromatic rings. The Labute approximate surface area is 152 Å². The number of hydrogen-bond donors (Lipinski definition) is 2. The zero-order valence-corrected chi connectivity index (χ0v) is 16.4. The predicted octanol–water partition coefficient (Wildman–Crippen LogP) is 3.81. The molecular weight excluding hydrogens is 312 g/mol. The maximum atomic E-state index is 12.5. The molecule has 4 heteroatoms. The van der Waals surface area contributed by atoms with Crippen molar-refractivity contribution in [3.63, 3.8) is 0 Å². The highest BCUT2D eigenvalue weighted by Crippen LogP contribution is 2.24. The molecule has 2 rings (SSSR count). The van der Waals surface area contributed by atoms with E-state index >= 15 is 0 Å². The molecule has 1 saturated heterocycles. The first kappa shape index (κ1) is 19.8. The Morgan fingerprint density at radius 2 is 2.12 bits per heavy atom. The second-order valence-electron chi connectivity index (χ2n) is 7.96. The minimum Gasteiger partial charge on any atom is -0.490 e. The van der Waals surface area contributed by atoms with Gasteiger partial charge in [0.05, 0.1) is 6.10 Å². The maximum Gasteiger partial charge on any atom is 0.223 e. The Morgan fingerprint density at radius 1 is 1.36 bits per heavy atom. The van der Waals surface area contributed by atoms with Gasteiger partial charge in [-0.2, -0.15) is 0 Å². The first-order valence-electron chi connectivity index (χ1n) is 9.62. The fourth-order valence-corrected chi connectivity index (χ4v) is 3.54. The Bertz CT molecular complexity index is 571. The lowest BCUT2D eigenvalue weighted by Gasteiger charge is -2.27. The molecule has 140 valence electrons. The number of nitrogens with one attached hydrogen (secondary N) is 2. The van der Waals surface area contributed by atoms with Crippen LogP contribution >= 0.6 is 0 Å². The van der Waals surface area contributed by atoms with Crippen molar-refractivity contribution >= 4 is 5.91 Å². The van der Waals surface area contributed by atoms with Crippen LogP contribution in [0.3, 0.4) is 0 Å². The average molecular weight is 347 g/mol. The van der Waals surface area contributed by atoms with Gasteiger partial charge in [0.15, 0.2) is 0 Å². The van der Waals surface area contributed by atoms with Crippen molar-refractivity contribution in [2.45, 2.75) is 72.6 Å². The van der Waals surface area contributed by atoms with Gasteiger partial charge in [-0.25, -0.2) is 0 Å². The summed E-state index contributed by atoms with van der Waals surface area (Å²) >= 11 is 0. The molecule has 0 bridgehead atoms. The van der Waals surface area contributed by atoms with Gasteiger partial charge < -0.3 is 15.4 Å². The normalized spacial score (nSPS) is 21.8. The van der Waals surface area contributed by atoms with E-state index in [1.54, 1.807) is 0 Å². The summed E-state index contributed by atoms with van der Waals surface area (Å²) < 4.78 is 6.17. The Kier molecular flexibility index (Phi) is 7.30. The molecule has 1 aromatic carbocycles. The smallest absolute Gasteiger partial charge is 0.223 e. The van der Waals surface area contributed by atoms with Gasteiger partial charge in [-0.3, -0.25) is 4.79 Å². The van der Waals surface area contributed by atoms with Crippen molar-refractivity contribution in [1.29, 1.82) is 0 Å². The number of piperidine rings is 1. The fraction of sp³-hybridized carbons (Fsp3) is 0.667. The van der Waals surface area contributed by atoms with Gasteiger partial charge in [0.1, 0.15) is 5.75 Å². The van der Waals surface area contributed by atoms with Crippen molar-refractivity contribution in [2.24, 2.45) is 11.8 Å². The van der Waals surface area contributed by atoms with E-state index in [-0.39, 0.29) is 17.9 Å². The molecule has 1 aliphatic heterocycles. The van der Waals surface area contributed by atoms with Gasteiger partial charge in [-0.05, 0) is 64.1 Å². The fourth-order valence-electron chi connectivity index (χ4n) is 3.54. The minimum atomic E-state index is 0.117. The molecule has 0 aromatic heterocycles. The van der Waals surface area contributed by atoms with Crippen LogP contribution in [0.1, 0.15) is 58.1 Å². The number of amides is 1. The summed E-state index contributed by atoms with van der Waals surface area (Å²) in [5.74, 6) is 1.78. The molecule has 3 atom stereocenters. The standard InChI is InChI=1S/C21H34N2O2/c1-14(2)10-17(5)25-20-11-15(3)6-7-19(20)13-23-21(24)18-8-9-22-16(4)12-18/h6-7,11,14,16-18,22H,8-10,12-13H2,1-5H3,(H,23,24)/t16-,17?,18-/m0/s1. The summed E-state index contributed by atoms with van der Waals surface area (Å²) in [6.07, 6.45) is 3.02. The first-order valence-corrected chi connectivity index (χ1v) is 9.62. The SMILES string of the molecule is Cc1ccc(CNC(=O)[C@H]2CCN[C@@H](C)C2)c(OC(C)CC(C)C)c1. The third-order valence-corrected chi connectivity index (χ3v) is 4.80. The molecule has 4 nitrogen and oxygen atoms in total. The highest BCUT2D eigenvalue weighted by molar-refractivity contribution is 5.78. The van der Waals surface area contributed by atoms with E-state index in [0.717, 1.165) is 37.1 Å². The summed E-state index contributed by atoms with van der Waals surface area (Å²) in [6, 6.07) is 6.64. The molecule has 0 spiro atoms. The van der Waals surface area contributed by atoms with Crippen molar-refractivity contribution in [1.82, 2.24) is 10.6 Å². The molecule has 25 heavy (non-hydrogen) atoms. The topological polar surface area (TPSA) is 50.4 Å². The predicted molar refractivity (Wildman–Crippen MR) is 103 cm³/mol. The van der Waals surface area contributed by atoms with Crippen molar-refractivity contribution in [3.05, 3.63) is 29.3 Å². The molecule has 0 saturated carbocycles. The van der Waals surface area contributed by atoms with Crippen LogP contribution in [-0.4, -0.2) is 24.6 Å². The van der Waals surface area contributed by atoms with E-state index in [2.05, 4.69) is 63.5 Å². The van der Waals surface area contributed by atoms with Gasteiger partial charge in [0, 0.05) is 24.1 Å². The zero-order chi connectivity index (χ0) is 18.4. The van der Waals surface area contributed by atoms with E-state index in [1.165, 1.54) is 5.56 Å². The quantitative estimate of drug-likeness (QED) is 0.789. The Balaban J connectivity index is 1.97. The molecule has 1 amide bonds. The first-order chi connectivity index (χ1) is 11.8. The average Bonchev–Trinajstić information content (AvgIpc) is 2.53. The van der Waals surface area contributed by atoms with Crippen LogP contribution in [0.25, 0.3) is 0 Å². The van der Waals surface area contributed by atoms with E-state index in [4.69, 9.17) is 4.74 Å². The lowest BCUT2D eigenvalue weighted by Crippen LogP contribution is -2.42. The molecule has 1 unspecified atom stereocenters. The number of aryl methyl sites for hydroxylation is 1. The second kappa shape index (κ2) is 9.23. The van der Waals surface area contributed by atoms with Crippen LogP contribution in [0.15, 0.2) is 18.2 Å². The van der Waals surface area contributed by atoms with Crippen LogP contribution in [-0.2, 0) is 11.3 Å². The molecule has 0 aliphatic carbocycles. The Morgan fingerprint density at radius 3 is 2.80 bits per heavy atom. The number of benzene rings is 1. The molecular formula is C21H34N2O2. The van der Waals surface area contributed by atoms with Gasteiger partial charge in [0.2, 0.25) is 5.91 Å². The maximum absolute atomic E-state index is 12.5. The molecule has 1 fully saturated rings. The molecule has 1 aliphatic rings. The van der Waals surface area contributed by atoms with E-state index in [1.807, 2.05) is 0 Å².